The van der Waals surface area contributed by atoms with E-state index in [2.05, 4.69) is 20.4 Å². The average molecular weight is 404 g/mol. The van der Waals surface area contributed by atoms with Gasteiger partial charge in [0.1, 0.15) is 0 Å². The number of carbonyl (C=O) groups excluding carboxylic acids is 2. The maximum Gasteiger partial charge on any atom is 0.339 e. The molecule has 1 aromatic heterocycles. The summed E-state index contributed by atoms with van der Waals surface area (Å²) in [4.78, 5) is 23.8. The van der Waals surface area contributed by atoms with Crippen molar-refractivity contribution in [3.8, 4) is 5.69 Å². The third-order valence-corrected chi connectivity index (χ3v) is 4.51. The van der Waals surface area contributed by atoms with Crippen LogP contribution >= 0.6 is 0 Å². The lowest BCUT2D eigenvalue weighted by Crippen LogP contribution is -2.24. The molecule has 3 aromatic rings. The molecule has 0 atom stereocenters. The molecular weight excluding hydrogens is 380 g/mol. The van der Waals surface area contributed by atoms with Gasteiger partial charge >= 0.3 is 12.0 Å². The second-order valence-corrected chi connectivity index (χ2v) is 6.62. The highest BCUT2D eigenvalue weighted by Gasteiger charge is 2.11. The van der Waals surface area contributed by atoms with Crippen LogP contribution in [0.5, 0.6) is 0 Å². The van der Waals surface area contributed by atoms with Crippen molar-refractivity contribution in [2.75, 3.05) is 11.9 Å². The third-order valence-electron chi connectivity index (χ3n) is 4.51. The van der Waals surface area contributed by atoms with Crippen LogP contribution in [-0.4, -0.2) is 29.4 Å². The van der Waals surface area contributed by atoms with Gasteiger partial charge in [0.05, 0.1) is 18.4 Å². The zero-order chi connectivity index (χ0) is 21.5. The summed E-state index contributed by atoms with van der Waals surface area (Å²) < 4.78 is 7.08. The molecule has 2 aromatic carbocycles. The molecule has 0 aliphatic carbocycles. The highest BCUT2D eigenvalue weighted by molar-refractivity contribution is 5.91. The Hall–Kier alpha value is -3.87. The van der Waals surface area contributed by atoms with Crippen molar-refractivity contribution in [2.24, 2.45) is 5.10 Å². The summed E-state index contributed by atoms with van der Waals surface area (Å²) in [7, 11) is 0. The molecule has 2 amide bonds. The molecule has 30 heavy (non-hydrogen) atoms. The Bertz CT molecular complexity index is 1050. The third kappa shape index (κ3) is 4.94. The average Bonchev–Trinajstić information content (AvgIpc) is 3.02. The molecule has 0 saturated heterocycles. The first-order chi connectivity index (χ1) is 14.5. The molecule has 154 valence electrons. The molecule has 1 heterocycles. The lowest BCUT2D eigenvalue weighted by Gasteiger charge is -2.10. The molecule has 0 bridgehead atoms. The van der Waals surface area contributed by atoms with E-state index in [0.717, 1.165) is 22.6 Å². The van der Waals surface area contributed by atoms with Crippen molar-refractivity contribution < 1.29 is 14.3 Å². The fraction of sp³-hybridized carbons (Fsp3) is 0.174. The largest absolute Gasteiger partial charge is 0.462 e. The van der Waals surface area contributed by atoms with E-state index in [1.54, 1.807) is 37.4 Å². The molecule has 0 fully saturated rings. The van der Waals surface area contributed by atoms with Gasteiger partial charge in [-0.2, -0.15) is 5.10 Å². The fourth-order valence-electron chi connectivity index (χ4n) is 3.12. The van der Waals surface area contributed by atoms with Crippen molar-refractivity contribution in [1.29, 1.82) is 0 Å². The molecular formula is C23H24N4O3. The smallest absolute Gasteiger partial charge is 0.339 e. The predicted octanol–water partition coefficient (Wildman–Crippen LogP) is 4.43. The highest BCUT2D eigenvalue weighted by Crippen LogP contribution is 2.20. The van der Waals surface area contributed by atoms with E-state index in [-0.39, 0.29) is 5.97 Å². The van der Waals surface area contributed by atoms with Crippen LogP contribution in [-0.2, 0) is 4.74 Å². The first kappa shape index (κ1) is 20.9. The minimum atomic E-state index is -0.416. The van der Waals surface area contributed by atoms with Crippen LogP contribution in [0.2, 0.25) is 0 Å². The molecule has 2 N–H and O–H groups in total. The van der Waals surface area contributed by atoms with E-state index in [4.69, 9.17) is 4.74 Å². The minimum Gasteiger partial charge on any atom is -0.462 e. The van der Waals surface area contributed by atoms with Gasteiger partial charge in [-0.25, -0.2) is 15.0 Å². The summed E-state index contributed by atoms with van der Waals surface area (Å²) >= 11 is 0. The Morgan fingerprint density at radius 1 is 1.07 bits per heavy atom. The van der Waals surface area contributed by atoms with E-state index in [9.17, 15) is 9.59 Å². The van der Waals surface area contributed by atoms with Crippen LogP contribution in [0.4, 0.5) is 10.5 Å². The number of ether oxygens (including phenoxy) is 1. The van der Waals surface area contributed by atoms with Crippen LogP contribution in [0.1, 0.15) is 34.2 Å². The van der Waals surface area contributed by atoms with Gasteiger partial charge in [-0.15, -0.1) is 0 Å². The Morgan fingerprint density at radius 3 is 2.43 bits per heavy atom. The summed E-state index contributed by atoms with van der Waals surface area (Å²) in [6.07, 6.45) is 1.61. The summed E-state index contributed by atoms with van der Waals surface area (Å²) in [5, 5.41) is 6.74. The van der Waals surface area contributed by atoms with Gasteiger partial charge in [0.25, 0.3) is 0 Å². The first-order valence-electron chi connectivity index (χ1n) is 9.61. The summed E-state index contributed by atoms with van der Waals surface area (Å²) in [5.41, 5.74) is 7.44. The number of nitrogens with one attached hydrogen (secondary N) is 2. The molecule has 0 aliphatic heterocycles. The van der Waals surface area contributed by atoms with Crippen LogP contribution in [0.3, 0.4) is 0 Å². The number of carbonyl (C=O) groups is 2. The number of hydrazone groups is 1. The van der Waals surface area contributed by atoms with E-state index in [1.807, 2.05) is 50.2 Å². The van der Waals surface area contributed by atoms with Gasteiger partial charge in [-0.1, -0.05) is 18.2 Å². The topological polar surface area (TPSA) is 84.7 Å². The number of esters is 1. The zero-order valence-corrected chi connectivity index (χ0v) is 17.2. The van der Waals surface area contributed by atoms with Gasteiger partial charge in [-0.05, 0) is 63.2 Å². The van der Waals surface area contributed by atoms with Gasteiger partial charge in [0.15, 0.2) is 0 Å². The lowest BCUT2D eigenvalue weighted by atomic mass is 10.2. The van der Waals surface area contributed by atoms with Gasteiger partial charge < -0.3 is 14.6 Å². The number of hydrogen-bond acceptors (Lipinski definition) is 4. The molecule has 7 nitrogen and oxygen atoms in total. The fourth-order valence-corrected chi connectivity index (χ4v) is 3.12. The summed E-state index contributed by atoms with van der Waals surface area (Å²) in [6.45, 7) is 6.08. The van der Waals surface area contributed by atoms with Crippen LogP contribution in [0, 0.1) is 13.8 Å². The number of aromatic nitrogens is 1. The van der Waals surface area contributed by atoms with E-state index in [0.29, 0.717) is 17.9 Å². The van der Waals surface area contributed by atoms with E-state index < -0.39 is 6.03 Å². The number of anilines is 1. The van der Waals surface area contributed by atoms with Crippen molar-refractivity contribution in [2.45, 2.75) is 20.8 Å². The van der Waals surface area contributed by atoms with Crippen LogP contribution in [0.15, 0.2) is 65.8 Å². The molecule has 0 saturated carbocycles. The second kappa shape index (κ2) is 9.56. The Labute approximate surface area is 175 Å². The molecule has 0 spiro atoms. The molecule has 3 rings (SSSR count). The number of nitrogens with zero attached hydrogens (tertiary/aromatic N) is 2. The van der Waals surface area contributed by atoms with Crippen molar-refractivity contribution in [3.05, 3.63) is 83.2 Å². The number of para-hydroxylation sites is 1. The quantitative estimate of drug-likeness (QED) is 0.362. The number of hydrogen-bond donors (Lipinski definition) is 2. The molecule has 0 radical (unpaired) electrons. The highest BCUT2D eigenvalue weighted by atomic mass is 16.5. The van der Waals surface area contributed by atoms with Crippen molar-refractivity contribution in [3.63, 3.8) is 0 Å². The number of urea groups is 1. The predicted molar refractivity (Wildman–Crippen MR) is 117 cm³/mol. The summed E-state index contributed by atoms with van der Waals surface area (Å²) in [5.74, 6) is -0.335. The first-order valence-corrected chi connectivity index (χ1v) is 9.61. The van der Waals surface area contributed by atoms with Crippen molar-refractivity contribution >= 4 is 23.9 Å². The van der Waals surface area contributed by atoms with E-state index >= 15 is 0 Å². The second-order valence-electron chi connectivity index (χ2n) is 6.62. The van der Waals surface area contributed by atoms with Crippen molar-refractivity contribution in [1.82, 2.24) is 9.99 Å². The Kier molecular flexibility index (Phi) is 6.64. The van der Waals surface area contributed by atoms with Gasteiger partial charge in [-0.3, -0.25) is 0 Å². The molecule has 7 heteroatoms. The molecule has 0 unspecified atom stereocenters. The Morgan fingerprint density at radius 2 is 1.77 bits per heavy atom. The van der Waals surface area contributed by atoms with Gasteiger partial charge in [0, 0.05) is 28.3 Å². The standard InChI is InChI=1S/C23H24N4O3/c1-4-30-22(28)18-10-12-21(13-11-18)27-16(2)14-19(17(27)3)15-24-26-23(29)25-20-8-6-5-7-9-20/h5-15H,4H2,1-3H3,(H2,25,26,29)/b24-15+. The van der Waals surface area contributed by atoms with Crippen LogP contribution in [0.25, 0.3) is 5.69 Å². The maximum absolute atomic E-state index is 11.9. The number of rotatable bonds is 6. The molecule has 0 aliphatic rings. The van der Waals surface area contributed by atoms with Gasteiger partial charge in [0.2, 0.25) is 0 Å². The number of benzene rings is 2. The number of amides is 2. The normalized spacial score (nSPS) is 10.8. The van der Waals surface area contributed by atoms with Crippen LogP contribution < -0.4 is 10.7 Å². The minimum absolute atomic E-state index is 0.335. The zero-order valence-electron chi connectivity index (χ0n) is 17.2. The van der Waals surface area contributed by atoms with E-state index in [1.165, 1.54) is 0 Å². The number of aryl methyl sites for hydroxylation is 1. The SMILES string of the molecule is CCOC(=O)c1ccc(-n2c(C)cc(/C=N/NC(=O)Nc3ccccc3)c2C)cc1. The lowest BCUT2D eigenvalue weighted by molar-refractivity contribution is 0.0526. The maximum atomic E-state index is 11.9. The summed E-state index contributed by atoms with van der Waals surface area (Å²) in [6, 6.07) is 18.0. The Balaban J connectivity index is 1.70. The monoisotopic (exact) mass is 404 g/mol.